The van der Waals surface area contributed by atoms with Crippen LogP contribution >= 0.6 is 11.6 Å². The first-order valence-electron chi connectivity index (χ1n) is 8.50. The molecule has 0 unspecified atom stereocenters. The lowest BCUT2D eigenvalue weighted by molar-refractivity contribution is -0.605. The fourth-order valence-corrected chi connectivity index (χ4v) is 3.14. The second kappa shape index (κ2) is 8.92. The molecule has 2 atom stereocenters. The Morgan fingerprint density at radius 2 is 2.07 bits per heavy atom. The Bertz CT molecular complexity index is 860. The van der Waals surface area contributed by atoms with E-state index >= 15 is 4.39 Å². The van der Waals surface area contributed by atoms with Gasteiger partial charge in [0.2, 0.25) is 11.7 Å². The monoisotopic (exact) mass is 393 g/mol. The van der Waals surface area contributed by atoms with Gasteiger partial charge in [0.05, 0.1) is 16.1 Å². The normalized spacial score (nSPS) is 13.2. The van der Waals surface area contributed by atoms with Crippen molar-refractivity contribution < 1.29 is 18.7 Å². The molecule has 0 aliphatic rings. The summed E-state index contributed by atoms with van der Waals surface area (Å²) in [5, 5.41) is 14.5. The van der Waals surface area contributed by atoms with Crippen molar-refractivity contribution in [2.75, 3.05) is 0 Å². The number of nitrogens with one attached hydrogen (secondary N) is 1. The number of carbonyl (C=O) groups is 2. The Balaban J connectivity index is 2.41. The van der Waals surface area contributed by atoms with Gasteiger partial charge in [-0.25, -0.2) is 4.39 Å². The molecule has 0 bridgehead atoms. The smallest absolute Gasteiger partial charge is 0.218 e. The number of hydrogen-bond donors (Lipinski definition) is 2. The van der Waals surface area contributed by atoms with Crippen LogP contribution in [0.5, 0.6) is 0 Å². The van der Waals surface area contributed by atoms with Gasteiger partial charge in [-0.1, -0.05) is 24.6 Å². The van der Waals surface area contributed by atoms with E-state index in [2.05, 4.69) is 5.32 Å². The highest BCUT2D eigenvalue weighted by molar-refractivity contribution is 6.35. The van der Waals surface area contributed by atoms with E-state index in [0.29, 0.717) is 11.2 Å². The summed E-state index contributed by atoms with van der Waals surface area (Å²) < 4.78 is 15.7. The predicted molar refractivity (Wildman–Crippen MR) is 99.7 cm³/mol. The molecule has 0 saturated carbocycles. The molecule has 8 heteroatoms. The highest BCUT2D eigenvalue weighted by Crippen LogP contribution is 2.29. The van der Waals surface area contributed by atoms with Crippen molar-refractivity contribution in [1.29, 1.82) is 0 Å². The van der Waals surface area contributed by atoms with Gasteiger partial charge in [-0.2, -0.15) is 4.73 Å². The number of aromatic nitrogens is 1. The van der Waals surface area contributed by atoms with Crippen LogP contribution < -0.4 is 15.8 Å². The number of benzene rings is 1. The van der Waals surface area contributed by atoms with Crippen molar-refractivity contribution in [1.82, 2.24) is 5.32 Å². The summed E-state index contributed by atoms with van der Waals surface area (Å²) in [7, 11) is 0. The van der Waals surface area contributed by atoms with Crippen molar-refractivity contribution in [2.24, 2.45) is 5.73 Å². The Kier molecular flexibility index (Phi) is 6.87. The molecule has 0 aliphatic carbocycles. The van der Waals surface area contributed by atoms with E-state index in [9.17, 15) is 14.8 Å². The molecular weight excluding hydrogens is 373 g/mol. The minimum Gasteiger partial charge on any atom is -0.619 e. The van der Waals surface area contributed by atoms with Gasteiger partial charge in [0, 0.05) is 30.1 Å². The average molecular weight is 394 g/mol. The number of nitrogens with two attached hydrogens (primary N) is 1. The van der Waals surface area contributed by atoms with E-state index in [1.807, 2.05) is 6.92 Å². The molecule has 144 valence electrons. The van der Waals surface area contributed by atoms with Gasteiger partial charge in [-0.3, -0.25) is 9.59 Å². The van der Waals surface area contributed by atoms with Gasteiger partial charge >= 0.3 is 0 Å². The fourth-order valence-electron chi connectivity index (χ4n) is 2.91. The summed E-state index contributed by atoms with van der Waals surface area (Å²) in [4.78, 5) is 23.8. The topological polar surface area (TPSA) is 99.1 Å². The van der Waals surface area contributed by atoms with Crippen molar-refractivity contribution in [2.45, 2.75) is 38.8 Å². The van der Waals surface area contributed by atoms with E-state index in [-0.39, 0.29) is 34.2 Å². The minimum absolute atomic E-state index is 0.0357. The third-order valence-electron chi connectivity index (χ3n) is 4.16. The first-order chi connectivity index (χ1) is 12.7. The van der Waals surface area contributed by atoms with Gasteiger partial charge in [0.25, 0.3) is 0 Å². The number of halogens is 2. The van der Waals surface area contributed by atoms with Crippen molar-refractivity contribution >= 4 is 23.3 Å². The highest BCUT2D eigenvalue weighted by atomic mass is 35.5. The SMILES string of the molecule is CC[C@@H](N[C@H](C)CC(N)=O)c1ccc(Cl)c(C(=O)c2ccc[n+]([O-])c2)c1F. The number of primary amides is 1. The maximum Gasteiger partial charge on any atom is 0.218 e. The zero-order valence-electron chi connectivity index (χ0n) is 15.0. The van der Waals surface area contributed by atoms with Crippen LogP contribution in [0.4, 0.5) is 4.39 Å². The van der Waals surface area contributed by atoms with E-state index in [1.165, 1.54) is 30.5 Å². The van der Waals surface area contributed by atoms with Crippen molar-refractivity contribution in [3.63, 3.8) is 0 Å². The molecule has 2 aromatic rings. The Labute approximate surface area is 161 Å². The summed E-state index contributed by atoms with van der Waals surface area (Å²) in [6, 6.07) is 5.07. The van der Waals surface area contributed by atoms with Crippen LogP contribution in [-0.4, -0.2) is 17.7 Å². The maximum absolute atomic E-state index is 15.2. The van der Waals surface area contributed by atoms with Gasteiger partial charge < -0.3 is 16.3 Å². The van der Waals surface area contributed by atoms with Crippen molar-refractivity contribution in [3.05, 3.63) is 69.4 Å². The first-order valence-corrected chi connectivity index (χ1v) is 8.88. The molecule has 27 heavy (non-hydrogen) atoms. The molecule has 0 spiro atoms. The summed E-state index contributed by atoms with van der Waals surface area (Å²) >= 11 is 6.08. The molecule has 0 saturated heterocycles. The Morgan fingerprint density at radius 3 is 2.67 bits per heavy atom. The molecule has 6 nitrogen and oxygen atoms in total. The molecule has 0 aliphatic heterocycles. The number of rotatable bonds is 8. The lowest BCUT2D eigenvalue weighted by Crippen LogP contribution is -2.34. The van der Waals surface area contributed by atoms with Crippen LogP contribution in [0, 0.1) is 11.0 Å². The molecule has 2 rings (SSSR count). The standard InChI is InChI=1S/C19H21ClFN3O3/c1-3-15(23-11(2)9-16(22)25)13-6-7-14(20)17(18(13)21)19(26)12-5-4-8-24(27)10-12/h4-8,10-11,15,23H,3,9H2,1-2H3,(H2,22,25)/t11-,15-/m1/s1. The van der Waals surface area contributed by atoms with Crippen molar-refractivity contribution in [3.8, 4) is 0 Å². The second-order valence-corrected chi connectivity index (χ2v) is 6.71. The minimum atomic E-state index is -0.751. The summed E-state index contributed by atoms with van der Waals surface area (Å²) in [6.07, 6.45) is 2.91. The molecule has 1 amide bonds. The fraction of sp³-hybridized carbons (Fsp3) is 0.316. The third-order valence-corrected chi connectivity index (χ3v) is 4.48. The van der Waals surface area contributed by atoms with E-state index in [0.717, 1.165) is 6.20 Å². The van der Waals surface area contributed by atoms with Crippen LogP contribution in [0.25, 0.3) is 0 Å². The number of nitrogens with zero attached hydrogens (tertiary/aromatic N) is 1. The van der Waals surface area contributed by atoms with Crippen LogP contribution in [0.1, 0.15) is 54.2 Å². The van der Waals surface area contributed by atoms with E-state index in [4.69, 9.17) is 17.3 Å². The molecule has 3 N–H and O–H groups in total. The molecule has 0 fully saturated rings. The summed E-state index contributed by atoms with van der Waals surface area (Å²) in [5.41, 5.74) is 5.20. The zero-order chi connectivity index (χ0) is 20.1. The number of carbonyl (C=O) groups excluding carboxylic acids is 2. The molecule has 0 radical (unpaired) electrons. The van der Waals surface area contributed by atoms with Crippen LogP contribution in [-0.2, 0) is 4.79 Å². The zero-order valence-corrected chi connectivity index (χ0v) is 15.8. The lowest BCUT2D eigenvalue weighted by Gasteiger charge is -2.23. The summed E-state index contributed by atoms with van der Waals surface area (Å²) in [5.74, 6) is -1.89. The lowest BCUT2D eigenvalue weighted by atomic mass is 9.96. The van der Waals surface area contributed by atoms with Crippen LogP contribution in [0.3, 0.4) is 0 Å². The molecular formula is C19H21ClFN3O3. The van der Waals surface area contributed by atoms with Crippen LogP contribution in [0.15, 0.2) is 36.7 Å². The van der Waals surface area contributed by atoms with Gasteiger partial charge in [-0.05, 0) is 25.5 Å². The number of hydrogen-bond acceptors (Lipinski definition) is 4. The van der Waals surface area contributed by atoms with Gasteiger partial charge in [0.1, 0.15) is 5.82 Å². The maximum atomic E-state index is 15.2. The highest BCUT2D eigenvalue weighted by Gasteiger charge is 2.25. The van der Waals surface area contributed by atoms with E-state index < -0.39 is 23.5 Å². The molecule has 1 heterocycles. The molecule has 1 aromatic heterocycles. The third kappa shape index (κ3) is 5.02. The predicted octanol–water partition coefficient (Wildman–Crippen LogP) is 2.65. The first kappa shape index (κ1) is 20.8. The second-order valence-electron chi connectivity index (χ2n) is 6.31. The Hall–Kier alpha value is -2.51. The number of ketones is 1. The number of amides is 1. The summed E-state index contributed by atoms with van der Waals surface area (Å²) in [6.45, 7) is 3.62. The van der Waals surface area contributed by atoms with Gasteiger partial charge in [0.15, 0.2) is 12.4 Å². The largest absolute Gasteiger partial charge is 0.619 e. The van der Waals surface area contributed by atoms with E-state index in [1.54, 1.807) is 6.92 Å². The average Bonchev–Trinajstić information content (AvgIpc) is 2.59. The van der Waals surface area contributed by atoms with Gasteiger partial charge in [-0.15, -0.1) is 0 Å². The molecule has 1 aromatic carbocycles. The van der Waals surface area contributed by atoms with Crippen LogP contribution in [0.2, 0.25) is 5.02 Å². The number of pyridine rings is 1. The quantitative estimate of drug-likeness (QED) is 0.409. The Morgan fingerprint density at radius 1 is 1.37 bits per heavy atom.